The lowest BCUT2D eigenvalue weighted by Gasteiger charge is -2.14. The first-order valence-corrected chi connectivity index (χ1v) is 14.2. The molecular formula is C33H30ClN3O3S. The molecule has 0 saturated heterocycles. The molecule has 208 valence electrons. The van der Waals surface area contributed by atoms with Crippen molar-refractivity contribution in [3.05, 3.63) is 130 Å². The first kappa shape index (κ1) is 29.6. The Labute approximate surface area is 249 Å². The van der Waals surface area contributed by atoms with Crippen molar-refractivity contribution < 1.29 is 14.4 Å². The average Bonchev–Trinajstić information content (AvgIpc) is 2.94. The number of hydrogen-bond acceptors (Lipinski definition) is 4. The lowest BCUT2D eigenvalue weighted by atomic mass is 10.1. The van der Waals surface area contributed by atoms with Gasteiger partial charge in [-0.25, -0.2) is 0 Å². The lowest BCUT2D eigenvalue weighted by Crippen LogP contribution is -2.30. The summed E-state index contributed by atoms with van der Waals surface area (Å²) < 4.78 is 0. The topological polar surface area (TPSA) is 87.3 Å². The third-order valence-corrected chi connectivity index (χ3v) is 7.47. The van der Waals surface area contributed by atoms with Gasteiger partial charge in [-0.3, -0.25) is 14.4 Å². The van der Waals surface area contributed by atoms with Gasteiger partial charge in [-0.15, -0.1) is 11.8 Å². The van der Waals surface area contributed by atoms with E-state index in [9.17, 15) is 14.4 Å². The molecule has 4 aromatic carbocycles. The molecule has 0 aliphatic carbocycles. The number of carbonyl (C=O) groups is 3. The highest BCUT2D eigenvalue weighted by Gasteiger charge is 2.17. The monoisotopic (exact) mass is 583 g/mol. The number of amides is 3. The quantitative estimate of drug-likeness (QED) is 0.141. The largest absolute Gasteiger partial charge is 0.325 e. The molecule has 0 aliphatic rings. The molecule has 4 aromatic rings. The van der Waals surface area contributed by atoms with Gasteiger partial charge < -0.3 is 16.0 Å². The summed E-state index contributed by atoms with van der Waals surface area (Å²) in [5.74, 6) is -1.02. The number of nitrogens with one attached hydrogen (secondary N) is 3. The highest BCUT2D eigenvalue weighted by molar-refractivity contribution is 8.00. The van der Waals surface area contributed by atoms with Crippen molar-refractivity contribution in [1.82, 2.24) is 5.32 Å². The van der Waals surface area contributed by atoms with Crippen molar-refractivity contribution in [2.75, 3.05) is 10.6 Å². The van der Waals surface area contributed by atoms with Crippen LogP contribution < -0.4 is 16.0 Å². The van der Waals surface area contributed by atoms with Crippen LogP contribution in [0.15, 0.2) is 108 Å². The Morgan fingerprint density at radius 1 is 0.780 bits per heavy atom. The van der Waals surface area contributed by atoms with Crippen LogP contribution >= 0.6 is 23.4 Å². The molecule has 1 unspecified atom stereocenters. The zero-order chi connectivity index (χ0) is 29.4. The van der Waals surface area contributed by atoms with Crippen LogP contribution in [-0.4, -0.2) is 23.0 Å². The summed E-state index contributed by atoms with van der Waals surface area (Å²) in [6.07, 6.45) is 1.54. The third kappa shape index (κ3) is 8.58. The molecule has 0 saturated carbocycles. The number of rotatable bonds is 9. The molecule has 0 bridgehead atoms. The highest BCUT2D eigenvalue weighted by atomic mass is 35.5. The molecule has 4 rings (SSSR count). The van der Waals surface area contributed by atoms with Crippen molar-refractivity contribution in [1.29, 1.82) is 0 Å². The molecular weight excluding hydrogens is 554 g/mol. The number of halogens is 1. The van der Waals surface area contributed by atoms with Gasteiger partial charge in [0, 0.05) is 26.9 Å². The van der Waals surface area contributed by atoms with Crippen LogP contribution in [0, 0.1) is 13.8 Å². The maximum atomic E-state index is 13.3. The molecule has 0 radical (unpaired) electrons. The van der Waals surface area contributed by atoms with E-state index >= 15 is 0 Å². The predicted octanol–water partition coefficient (Wildman–Crippen LogP) is 7.49. The van der Waals surface area contributed by atoms with E-state index in [0.29, 0.717) is 21.8 Å². The number of thioether (sulfide) groups is 1. The number of anilines is 2. The van der Waals surface area contributed by atoms with Crippen molar-refractivity contribution in [2.24, 2.45) is 0 Å². The van der Waals surface area contributed by atoms with Gasteiger partial charge >= 0.3 is 0 Å². The molecule has 0 spiro atoms. The molecule has 0 heterocycles. The molecule has 8 heteroatoms. The Kier molecular flexibility index (Phi) is 10.0. The fourth-order valence-corrected chi connectivity index (χ4v) is 5.11. The molecule has 3 N–H and O–H groups in total. The molecule has 3 amide bonds. The van der Waals surface area contributed by atoms with Crippen molar-refractivity contribution in [3.8, 4) is 0 Å². The SMILES string of the molecule is Cc1cc(C)cc(NC(=O)C(C)Sc2ccc(NC(=O)/C(=C/c3ccccc3Cl)NC(=O)c3ccccc3)cc2)c1. The van der Waals surface area contributed by atoms with Gasteiger partial charge in [0.1, 0.15) is 5.70 Å². The van der Waals surface area contributed by atoms with Crippen LogP contribution in [0.1, 0.15) is 34.0 Å². The fourth-order valence-electron chi connectivity index (χ4n) is 4.05. The predicted molar refractivity (Wildman–Crippen MR) is 168 cm³/mol. The van der Waals surface area contributed by atoms with Crippen LogP contribution in [0.25, 0.3) is 6.08 Å². The van der Waals surface area contributed by atoms with Crippen LogP contribution in [0.4, 0.5) is 11.4 Å². The second kappa shape index (κ2) is 13.8. The Morgan fingerprint density at radius 2 is 1.41 bits per heavy atom. The molecule has 41 heavy (non-hydrogen) atoms. The van der Waals surface area contributed by atoms with E-state index < -0.39 is 11.8 Å². The van der Waals surface area contributed by atoms with Crippen LogP contribution in [0.3, 0.4) is 0 Å². The average molecular weight is 584 g/mol. The first-order valence-electron chi connectivity index (χ1n) is 13.0. The summed E-state index contributed by atoms with van der Waals surface area (Å²) in [6, 6.07) is 28.8. The van der Waals surface area contributed by atoms with Gasteiger partial charge in [0.05, 0.1) is 5.25 Å². The van der Waals surface area contributed by atoms with Gasteiger partial charge in [-0.2, -0.15) is 0 Å². The van der Waals surface area contributed by atoms with Gasteiger partial charge in [0.25, 0.3) is 11.8 Å². The number of benzene rings is 4. The van der Waals surface area contributed by atoms with Gasteiger partial charge in [0.2, 0.25) is 5.91 Å². The summed E-state index contributed by atoms with van der Waals surface area (Å²) in [4.78, 5) is 39.7. The first-order chi connectivity index (χ1) is 19.7. The summed E-state index contributed by atoms with van der Waals surface area (Å²) >= 11 is 7.72. The highest BCUT2D eigenvalue weighted by Crippen LogP contribution is 2.26. The van der Waals surface area contributed by atoms with Crippen LogP contribution in [-0.2, 0) is 9.59 Å². The molecule has 6 nitrogen and oxygen atoms in total. The smallest absolute Gasteiger partial charge is 0.272 e. The summed E-state index contributed by atoms with van der Waals surface area (Å²) in [7, 11) is 0. The van der Waals surface area contributed by atoms with Crippen molar-refractivity contribution in [2.45, 2.75) is 30.9 Å². The zero-order valence-electron chi connectivity index (χ0n) is 22.9. The van der Waals surface area contributed by atoms with E-state index in [1.165, 1.54) is 11.8 Å². The number of aryl methyl sites for hydroxylation is 2. The normalized spacial score (nSPS) is 11.9. The Balaban J connectivity index is 1.43. The Morgan fingerprint density at radius 3 is 2.07 bits per heavy atom. The van der Waals surface area contributed by atoms with E-state index in [-0.39, 0.29) is 16.9 Å². The Hall–Kier alpha value is -4.33. The zero-order valence-corrected chi connectivity index (χ0v) is 24.5. The standard InChI is InChI=1S/C33H30ClN3O3S/c1-21-17-22(2)19-27(18-21)36-31(38)23(3)41-28-15-13-26(14-16-28)35-33(40)30(20-25-11-7-8-12-29(25)34)37-32(39)24-9-5-4-6-10-24/h4-20,23H,1-3H3,(H,35,40)(H,36,38)(H,37,39)/b30-20-. The van der Waals surface area contributed by atoms with Gasteiger partial charge in [-0.05, 0) is 98.1 Å². The second-order valence-corrected chi connectivity index (χ2v) is 11.3. The van der Waals surface area contributed by atoms with Crippen LogP contribution in [0.5, 0.6) is 0 Å². The van der Waals surface area contributed by atoms with E-state index in [1.807, 2.05) is 51.1 Å². The van der Waals surface area contributed by atoms with Gasteiger partial charge in [-0.1, -0.05) is 54.1 Å². The summed E-state index contributed by atoms with van der Waals surface area (Å²) in [5.41, 5.74) is 4.53. The number of hydrogen-bond donors (Lipinski definition) is 3. The minimum Gasteiger partial charge on any atom is -0.325 e. The van der Waals surface area contributed by atoms with Crippen molar-refractivity contribution in [3.63, 3.8) is 0 Å². The molecule has 1 atom stereocenters. The lowest BCUT2D eigenvalue weighted by molar-refractivity contribution is -0.115. The second-order valence-electron chi connectivity index (χ2n) is 9.50. The van der Waals surface area contributed by atoms with Gasteiger partial charge in [0.15, 0.2) is 0 Å². The van der Waals surface area contributed by atoms with E-state index in [2.05, 4.69) is 22.0 Å². The molecule has 0 aliphatic heterocycles. The van der Waals surface area contributed by atoms with Crippen LogP contribution in [0.2, 0.25) is 5.02 Å². The minimum atomic E-state index is -0.504. The molecule has 0 aromatic heterocycles. The van der Waals surface area contributed by atoms with E-state index in [0.717, 1.165) is 21.7 Å². The third-order valence-electron chi connectivity index (χ3n) is 6.02. The Bertz CT molecular complexity index is 1570. The minimum absolute atomic E-state index is 0.0436. The van der Waals surface area contributed by atoms with Crippen molar-refractivity contribution >= 4 is 58.5 Å². The van der Waals surface area contributed by atoms with E-state index in [4.69, 9.17) is 11.6 Å². The summed E-state index contributed by atoms with van der Waals surface area (Å²) in [6.45, 7) is 5.83. The molecule has 0 fully saturated rings. The summed E-state index contributed by atoms with van der Waals surface area (Å²) in [5, 5.41) is 8.63. The fraction of sp³-hybridized carbons (Fsp3) is 0.121. The number of carbonyl (C=O) groups excluding carboxylic acids is 3. The maximum Gasteiger partial charge on any atom is 0.272 e. The van der Waals surface area contributed by atoms with E-state index in [1.54, 1.807) is 66.7 Å². The maximum absolute atomic E-state index is 13.3.